The van der Waals surface area contributed by atoms with Crippen LogP contribution in [-0.4, -0.2) is 76.7 Å². The van der Waals surface area contributed by atoms with Gasteiger partial charge in [-0.2, -0.15) is 11.8 Å². The van der Waals surface area contributed by atoms with Crippen molar-refractivity contribution in [1.82, 2.24) is 16.0 Å². The van der Waals surface area contributed by atoms with E-state index in [0.29, 0.717) is 5.75 Å². The van der Waals surface area contributed by atoms with Crippen molar-refractivity contribution in [3.63, 3.8) is 0 Å². The van der Waals surface area contributed by atoms with E-state index in [9.17, 15) is 19.2 Å². The third-order valence-corrected chi connectivity index (χ3v) is 3.85. The van der Waals surface area contributed by atoms with E-state index in [1.165, 1.54) is 25.6 Å². The van der Waals surface area contributed by atoms with E-state index in [0.717, 1.165) is 0 Å². The van der Waals surface area contributed by atoms with Crippen molar-refractivity contribution in [3.8, 4) is 0 Å². The van der Waals surface area contributed by atoms with Crippen molar-refractivity contribution in [2.45, 2.75) is 44.4 Å². The van der Waals surface area contributed by atoms with Crippen LogP contribution in [-0.2, 0) is 19.2 Å². The van der Waals surface area contributed by atoms with Crippen molar-refractivity contribution in [2.75, 3.05) is 18.6 Å². The van der Waals surface area contributed by atoms with Gasteiger partial charge in [-0.05, 0) is 32.3 Å². The Balaban J connectivity index is 4.90. The second-order valence-corrected chi connectivity index (χ2v) is 6.43. The molecule has 0 fully saturated rings. The zero-order chi connectivity index (χ0) is 19.6. The smallest absolute Gasteiger partial charge is 0.328 e. The number of carboxylic acids is 1. The summed E-state index contributed by atoms with van der Waals surface area (Å²) < 4.78 is 0. The highest BCUT2D eigenvalue weighted by atomic mass is 32.2. The standard InChI is InChI=1S/C14H26N4O6S/c1-7(15)11(20)16-8(2)12(21)17-9(4-5-25-3)13(22)18-10(6-19)14(23)24/h7-10,19H,4-6,15H2,1-3H3,(H,16,20)(H,17,21)(H,18,22)(H,23,24). The third-order valence-electron chi connectivity index (χ3n) is 3.21. The van der Waals surface area contributed by atoms with Crippen LogP contribution in [0.3, 0.4) is 0 Å². The quantitative estimate of drug-likeness (QED) is 0.232. The minimum absolute atomic E-state index is 0.254. The molecular weight excluding hydrogens is 352 g/mol. The summed E-state index contributed by atoms with van der Waals surface area (Å²) in [6.45, 7) is 2.13. The Bertz CT molecular complexity index is 488. The molecule has 0 aromatic carbocycles. The second kappa shape index (κ2) is 11.7. The first-order valence-electron chi connectivity index (χ1n) is 7.63. The lowest BCUT2D eigenvalue weighted by Gasteiger charge is -2.22. The average molecular weight is 378 g/mol. The third kappa shape index (κ3) is 8.70. The van der Waals surface area contributed by atoms with Gasteiger partial charge in [0.15, 0.2) is 0 Å². The highest BCUT2D eigenvalue weighted by molar-refractivity contribution is 7.98. The number of nitrogens with one attached hydrogen (secondary N) is 3. The van der Waals surface area contributed by atoms with Crippen molar-refractivity contribution in [3.05, 3.63) is 0 Å². The summed E-state index contributed by atoms with van der Waals surface area (Å²) in [6.07, 6.45) is 2.07. The van der Waals surface area contributed by atoms with Gasteiger partial charge in [0.1, 0.15) is 18.1 Å². The molecule has 0 aromatic heterocycles. The van der Waals surface area contributed by atoms with Crippen LogP contribution in [0.1, 0.15) is 20.3 Å². The Hall–Kier alpha value is -1.85. The van der Waals surface area contributed by atoms with E-state index in [4.69, 9.17) is 15.9 Å². The number of rotatable bonds is 11. The van der Waals surface area contributed by atoms with Gasteiger partial charge in [0, 0.05) is 0 Å². The number of aliphatic hydroxyl groups excluding tert-OH is 1. The Morgan fingerprint density at radius 3 is 2.00 bits per heavy atom. The predicted molar refractivity (Wildman–Crippen MR) is 92.8 cm³/mol. The normalized spacial score (nSPS) is 15.4. The van der Waals surface area contributed by atoms with Crippen LogP contribution in [0.4, 0.5) is 0 Å². The Kier molecular flexibility index (Phi) is 10.8. The molecule has 0 bridgehead atoms. The molecule has 0 spiro atoms. The van der Waals surface area contributed by atoms with Crippen molar-refractivity contribution in [2.24, 2.45) is 5.73 Å². The van der Waals surface area contributed by atoms with Gasteiger partial charge in [-0.25, -0.2) is 4.79 Å². The number of carbonyl (C=O) groups is 4. The number of nitrogens with two attached hydrogens (primary N) is 1. The fourth-order valence-electron chi connectivity index (χ4n) is 1.67. The molecule has 3 amide bonds. The lowest BCUT2D eigenvalue weighted by atomic mass is 10.1. The van der Waals surface area contributed by atoms with Gasteiger partial charge in [0.05, 0.1) is 12.6 Å². The molecule has 0 aliphatic rings. The predicted octanol–water partition coefficient (Wildman–Crippen LogP) is -2.36. The summed E-state index contributed by atoms with van der Waals surface area (Å²) >= 11 is 1.45. The summed E-state index contributed by atoms with van der Waals surface area (Å²) in [6, 6.07) is -4.16. The number of aliphatic carboxylic acids is 1. The molecule has 0 saturated carbocycles. The summed E-state index contributed by atoms with van der Waals surface area (Å²) in [4.78, 5) is 46.8. The molecule has 0 saturated heterocycles. The summed E-state index contributed by atoms with van der Waals surface area (Å²) in [7, 11) is 0. The highest BCUT2D eigenvalue weighted by Crippen LogP contribution is 2.02. The fourth-order valence-corrected chi connectivity index (χ4v) is 2.14. The first kappa shape index (κ1) is 23.1. The highest BCUT2D eigenvalue weighted by Gasteiger charge is 2.27. The maximum absolute atomic E-state index is 12.2. The number of aliphatic hydroxyl groups is 1. The average Bonchev–Trinajstić information content (AvgIpc) is 2.55. The number of amides is 3. The van der Waals surface area contributed by atoms with Crippen LogP contribution in [0.5, 0.6) is 0 Å². The minimum Gasteiger partial charge on any atom is -0.480 e. The monoisotopic (exact) mass is 378 g/mol. The zero-order valence-corrected chi connectivity index (χ0v) is 15.3. The minimum atomic E-state index is -1.46. The lowest BCUT2D eigenvalue weighted by molar-refractivity contribution is -0.143. The molecule has 0 heterocycles. The Morgan fingerprint density at radius 2 is 1.56 bits per heavy atom. The second-order valence-electron chi connectivity index (χ2n) is 5.44. The summed E-state index contributed by atoms with van der Waals surface area (Å²) in [5.74, 6) is -2.70. The number of hydrogen-bond donors (Lipinski definition) is 6. The first-order chi connectivity index (χ1) is 11.6. The molecular formula is C14H26N4O6S. The maximum atomic E-state index is 12.2. The van der Waals surface area contributed by atoms with Crippen LogP contribution in [0.15, 0.2) is 0 Å². The molecule has 0 rings (SSSR count). The first-order valence-corrected chi connectivity index (χ1v) is 9.02. The molecule has 25 heavy (non-hydrogen) atoms. The summed E-state index contributed by atoms with van der Waals surface area (Å²) in [5.41, 5.74) is 5.41. The van der Waals surface area contributed by atoms with Crippen molar-refractivity contribution in [1.29, 1.82) is 0 Å². The molecule has 4 unspecified atom stereocenters. The molecule has 11 heteroatoms. The molecule has 0 aliphatic heterocycles. The molecule has 0 aromatic rings. The number of thioether (sulfide) groups is 1. The Morgan fingerprint density at radius 1 is 1.00 bits per heavy atom. The van der Waals surface area contributed by atoms with E-state index in [-0.39, 0.29) is 6.42 Å². The van der Waals surface area contributed by atoms with Crippen LogP contribution in [0, 0.1) is 0 Å². The number of hydrogen-bond acceptors (Lipinski definition) is 7. The number of carboxylic acid groups (broad SMARTS) is 1. The van der Waals surface area contributed by atoms with E-state index >= 15 is 0 Å². The van der Waals surface area contributed by atoms with Gasteiger partial charge in [-0.3, -0.25) is 14.4 Å². The van der Waals surface area contributed by atoms with E-state index in [2.05, 4.69) is 16.0 Å². The van der Waals surface area contributed by atoms with E-state index < -0.39 is 54.5 Å². The maximum Gasteiger partial charge on any atom is 0.328 e. The van der Waals surface area contributed by atoms with Gasteiger partial charge in [0.25, 0.3) is 0 Å². The van der Waals surface area contributed by atoms with Gasteiger partial charge in [-0.15, -0.1) is 0 Å². The van der Waals surface area contributed by atoms with Crippen LogP contribution >= 0.6 is 11.8 Å². The molecule has 144 valence electrons. The van der Waals surface area contributed by atoms with Gasteiger partial charge in [-0.1, -0.05) is 0 Å². The molecule has 7 N–H and O–H groups in total. The summed E-state index contributed by atoms with van der Waals surface area (Å²) in [5, 5.41) is 24.9. The molecule has 0 aliphatic carbocycles. The zero-order valence-electron chi connectivity index (χ0n) is 14.4. The van der Waals surface area contributed by atoms with Gasteiger partial charge in [0.2, 0.25) is 17.7 Å². The largest absolute Gasteiger partial charge is 0.480 e. The van der Waals surface area contributed by atoms with Gasteiger partial charge < -0.3 is 31.9 Å². The topological polar surface area (TPSA) is 171 Å². The molecule has 0 radical (unpaired) electrons. The van der Waals surface area contributed by atoms with Crippen LogP contribution in [0.2, 0.25) is 0 Å². The van der Waals surface area contributed by atoms with Crippen molar-refractivity contribution >= 4 is 35.5 Å². The molecule has 4 atom stereocenters. The Labute approximate surface area is 150 Å². The fraction of sp³-hybridized carbons (Fsp3) is 0.714. The lowest BCUT2D eigenvalue weighted by Crippen LogP contribution is -2.56. The van der Waals surface area contributed by atoms with Crippen molar-refractivity contribution < 1.29 is 29.4 Å². The SMILES string of the molecule is CSCCC(NC(=O)C(C)NC(=O)C(C)N)C(=O)NC(CO)C(=O)O. The van der Waals surface area contributed by atoms with E-state index in [1.54, 1.807) is 0 Å². The molecule has 10 nitrogen and oxygen atoms in total. The van der Waals surface area contributed by atoms with E-state index in [1.807, 2.05) is 6.26 Å². The van der Waals surface area contributed by atoms with Gasteiger partial charge >= 0.3 is 5.97 Å². The van der Waals surface area contributed by atoms with Crippen LogP contribution in [0.25, 0.3) is 0 Å². The van der Waals surface area contributed by atoms with Crippen LogP contribution < -0.4 is 21.7 Å². The number of carbonyl (C=O) groups excluding carboxylic acids is 3.